The highest BCUT2D eigenvalue weighted by atomic mass is 35.5. The second-order valence-electron chi connectivity index (χ2n) is 7.66. The molecule has 7 nitrogen and oxygen atoms in total. The van der Waals surface area contributed by atoms with Crippen LogP contribution >= 0.6 is 11.6 Å². The van der Waals surface area contributed by atoms with Crippen LogP contribution in [0, 0.1) is 6.92 Å². The highest BCUT2D eigenvalue weighted by Crippen LogP contribution is 2.32. The molecular weight excluding hydrogens is 463 g/mol. The van der Waals surface area contributed by atoms with Crippen LogP contribution in [0.4, 0.5) is 18.9 Å². The Balaban J connectivity index is 1.57. The standard InChI is InChI=1S/C22H23ClF3N3O4/c1-13(2)17-7-18(23)14(3)6-20(17)32-10-16-4-5-19(33-16)21(30)28-15-8-27-29(9-15)12-31-11-22(24,25)26/h4-9,13H,10-12H2,1-3H3,(H,28,30). The van der Waals surface area contributed by atoms with Gasteiger partial charge in [-0.3, -0.25) is 4.79 Å². The Morgan fingerprint density at radius 1 is 1.30 bits per heavy atom. The lowest BCUT2D eigenvalue weighted by molar-refractivity contribution is -0.182. The monoisotopic (exact) mass is 485 g/mol. The molecule has 0 saturated carbocycles. The number of carbonyl (C=O) groups excluding carboxylic acids is 1. The molecule has 33 heavy (non-hydrogen) atoms. The first-order chi connectivity index (χ1) is 15.5. The zero-order valence-electron chi connectivity index (χ0n) is 18.2. The number of benzene rings is 1. The maximum atomic E-state index is 12.4. The fourth-order valence-corrected chi connectivity index (χ4v) is 3.09. The molecule has 0 spiro atoms. The Hall–Kier alpha value is -2.98. The van der Waals surface area contributed by atoms with Gasteiger partial charge in [0.25, 0.3) is 5.91 Å². The van der Waals surface area contributed by atoms with Crippen LogP contribution in [0.5, 0.6) is 5.75 Å². The number of hydrogen-bond donors (Lipinski definition) is 1. The SMILES string of the molecule is Cc1cc(OCc2ccc(C(=O)Nc3cnn(COCC(F)(F)F)c3)o2)c(C(C)C)cc1Cl. The van der Waals surface area contributed by atoms with E-state index in [4.69, 9.17) is 20.8 Å². The molecule has 0 saturated heterocycles. The van der Waals surface area contributed by atoms with Crippen LogP contribution in [0.3, 0.4) is 0 Å². The summed E-state index contributed by atoms with van der Waals surface area (Å²) in [6.45, 7) is 4.28. The lowest BCUT2D eigenvalue weighted by Crippen LogP contribution is -2.18. The molecule has 178 valence electrons. The third-order valence-corrected chi connectivity index (χ3v) is 4.96. The van der Waals surface area contributed by atoms with Crippen molar-refractivity contribution in [1.29, 1.82) is 0 Å². The maximum absolute atomic E-state index is 12.4. The largest absolute Gasteiger partial charge is 0.485 e. The van der Waals surface area contributed by atoms with Gasteiger partial charge in [0.1, 0.15) is 31.5 Å². The van der Waals surface area contributed by atoms with Gasteiger partial charge in [-0.2, -0.15) is 18.3 Å². The molecule has 0 atom stereocenters. The predicted molar refractivity (Wildman–Crippen MR) is 116 cm³/mol. The molecule has 0 aliphatic carbocycles. The van der Waals surface area contributed by atoms with Gasteiger partial charge in [-0.1, -0.05) is 25.4 Å². The third kappa shape index (κ3) is 7.00. The van der Waals surface area contributed by atoms with E-state index in [1.165, 1.54) is 18.5 Å². The van der Waals surface area contributed by atoms with Gasteiger partial charge in [-0.05, 0) is 48.2 Å². The van der Waals surface area contributed by atoms with Crippen LogP contribution in [0.25, 0.3) is 0 Å². The van der Waals surface area contributed by atoms with E-state index in [1.807, 2.05) is 32.9 Å². The van der Waals surface area contributed by atoms with Crippen molar-refractivity contribution < 1.29 is 31.9 Å². The number of halogens is 4. The van der Waals surface area contributed by atoms with Gasteiger partial charge in [-0.15, -0.1) is 0 Å². The quantitative estimate of drug-likeness (QED) is 0.406. The molecule has 3 rings (SSSR count). The number of furan rings is 1. The van der Waals surface area contributed by atoms with Crippen molar-refractivity contribution in [3.8, 4) is 5.75 Å². The number of alkyl halides is 3. The van der Waals surface area contributed by atoms with Crippen molar-refractivity contribution in [2.75, 3.05) is 11.9 Å². The first kappa shape index (κ1) is 24.7. The minimum atomic E-state index is -4.42. The lowest BCUT2D eigenvalue weighted by Gasteiger charge is -2.15. The maximum Gasteiger partial charge on any atom is 0.411 e. The third-order valence-electron chi connectivity index (χ3n) is 4.55. The molecule has 0 aliphatic heterocycles. The number of carbonyl (C=O) groups is 1. The summed E-state index contributed by atoms with van der Waals surface area (Å²) in [6, 6.07) is 6.87. The van der Waals surface area contributed by atoms with Gasteiger partial charge in [0.05, 0.1) is 18.1 Å². The van der Waals surface area contributed by atoms with E-state index in [2.05, 4.69) is 15.2 Å². The van der Waals surface area contributed by atoms with Gasteiger partial charge in [-0.25, -0.2) is 4.68 Å². The Morgan fingerprint density at radius 2 is 2.06 bits per heavy atom. The molecule has 0 bridgehead atoms. The first-order valence-electron chi connectivity index (χ1n) is 10.0. The molecule has 1 amide bonds. The van der Waals surface area contributed by atoms with Crippen LogP contribution in [-0.2, 0) is 18.1 Å². The van der Waals surface area contributed by atoms with E-state index in [-0.39, 0.29) is 24.0 Å². The van der Waals surface area contributed by atoms with Crippen molar-refractivity contribution in [1.82, 2.24) is 9.78 Å². The van der Waals surface area contributed by atoms with Gasteiger partial charge in [0.15, 0.2) is 5.76 Å². The molecule has 2 heterocycles. The van der Waals surface area contributed by atoms with Gasteiger partial charge >= 0.3 is 6.18 Å². The molecule has 1 aromatic carbocycles. The Labute approximate surface area is 193 Å². The number of aromatic nitrogens is 2. The number of amides is 1. The van der Waals surface area contributed by atoms with Crippen molar-refractivity contribution in [3.05, 3.63) is 64.3 Å². The van der Waals surface area contributed by atoms with Crippen molar-refractivity contribution >= 4 is 23.2 Å². The lowest BCUT2D eigenvalue weighted by atomic mass is 10.0. The van der Waals surface area contributed by atoms with E-state index >= 15 is 0 Å². The highest BCUT2D eigenvalue weighted by Gasteiger charge is 2.27. The average Bonchev–Trinajstić information content (AvgIpc) is 3.37. The minimum absolute atomic E-state index is 0.0473. The second kappa shape index (κ2) is 10.3. The number of hydrogen-bond acceptors (Lipinski definition) is 5. The summed E-state index contributed by atoms with van der Waals surface area (Å²) in [5.74, 6) is 0.845. The first-order valence-corrected chi connectivity index (χ1v) is 10.4. The molecule has 1 N–H and O–H groups in total. The second-order valence-corrected chi connectivity index (χ2v) is 8.07. The zero-order chi connectivity index (χ0) is 24.2. The van der Waals surface area contributed by atoms with Crippen LogP contribution in [0.1, 0.15) is 47.2 Å². The van der Waals surface area contributed by atoms with Crippen LogP contribution in [0.15, 0.2) is 41.1 Å². The van der Waals surface area contributed by atoms with Gasteiger partial charge in [0.2, 0.25) is 0 Å². The summed E-state index contributed by atoms with van der Waals surface area (Å²) in [6.07, 6.45) is -1.79. The summed E-state index contributed by atoms with van der Waals surface area (Å²) in [5, 5.41) is 7.06. The van der Waals surface area contributed by atoms with Crippen molar-refractivity contribution in [2.45, 2.75) is 46.2 Å². The number of nitrogens with one attached hydrogen (secondary N) is 1. The molecule has 0 radical (unpaired) electrons. The molecule has 2 aromatic heterocycles. The Kier molecular flexibility index (Phi) is 7.70. The molecule has 3 aromatic rings. The fourth-order valence-electron chi connectivity index (χ4n) is 2.92. The Bertz CT molecular complexity index is 1110. The molecule has 0 unspecified atom stereocenters. The highest BCUT2D eigenvalue weighted by molar-refractivity contribution is 6.31. The summed E-state index contributed by atoms with van der Waals surface area (Å²) >= 11 is 6.22. The van der Waals surface area contributed by atoms with Gasteiger partial charge in [0, 0.05) is 5.02 Å². The fraction of sp³-hybridized carbons (Fsp3) is 0.364. The summed E-state index contributed by atoms with van der Waals surface area (Å²) < 4.78 is 53.5. The van der Waals surface area contributed by atoms with E-state index < -0.39 is 25.4 Å². The summed E-state index contributed by atoms with van der Waals surface area (Å²) in [5.41, 5.74) is 2.13. The molecular formula is C22H23ClF3N3O4. The number of nitrogens with zero attached hydrogens (tertiary/aromatic N) is 2. The topological polar surface area (TPSA) is 78.5 Å². The number of anilines is 1. The van der Waals surface area contributed by atoms with E-state index in [1.54, 1.807) is 6.07 Å². The zero-order valence-corrected chi connectivity index (χ0v) is 19.0. The minimum Gasteiger partial charge on any atom is -0.485 e. The normalized spacial score (nSPS) is 11.8. The molecule has 11 heteroatoms. The Morgan fingerprint density at radius 3 is 2.76 bits per heavy atom. The average molecular weight is 486 g/mol. The van der Waals surface area contributed by atoms with Gasteiger partial charge < -0.3 is 19.2 Å². The van der Waals surface area contributed by atoms with Crippen molar-refractivity contribution in [2.24, 2.45) is 0 Å². The van der Waals surface area contributed by atoms with Crippen LogP contribution < -0.4 is 10.1 Å². The van der Waals surface area contributed by atoms with Crippen molar-refractivity contribution in [3.63, 3.8) is 0 Å². The van der Waals surface area contributed by atoms with Crippen LogP contribution in [0.2, 0.25) is 5.02 Å². The van der Waals surface area contributed by atoms with Crippen LogP contribution in [-0.4, -0.2) is 28.5 Å². The number of aryl methyl sites for hydroxylation is 1. The summed E-state index contributed by atoms with van der Waals surface area (Å²) in [7, 11) is 0. The molecule has 0 aliphatic rings. The number of rotatable bonds is 9. The number of ether oxygens (including phenoxy) is 2. The van der Waals surface area contributed by atoms with E-state index in [0.717, 1.165) is 15.8 Å². The van der Waals surface area contributed by atoms with E-state index in [0.29, 0.717) is 16.5 Å². The molecule has 0 fully saturated rings. The predicted octanol–water partition coefficient (Wildman–Crippen LogP) is 5.93. The van der Waals surface area contributed by atoms with E-state index in [9.17, 15) is 18.0 Å². The smallest absolute Gasteiger partial charge is 0.411 e. The summed E-state index contributed by atoms with van der Waals surface area (Å²) in [4.78, 5) is 12.4.